The van der Waals surface area contributed by atoms with Crippen molar-refractivity contribution in [3.63, 3.8) is 0 Å². The zero-order chi connectivity index (χ0) is 17.7. The first-order valence-corrected chi connectivity index (χ1v) is 9.82. The average molecular weight is 349 g/mol. The molecule has 1 amide bonds. The van der Waals surface area contributed by atoms with Crippen LogP contribution in [0, 0.1) is 6.92 Å². The van der Waals surface area contributed by atoms with Gasteiger partial charge in [0.25, 0.3) is 0 Å². The van der Waals surface area contributed by atoms with Gasteiger partial charge in [0, 0.05) is 25.9 Å². The van der Waals surface area contributed by atoms with Crippen LogP contribution in [0.5, 0.6) is 0 Å². The highest BCUT2D eigenvalue weighted by Crippen LogP contribution is 2.15. The van der Waals surface area contributed by atoms with E-state index in [1.165, 1.54) is 6.26 Å². The maximum Gasteiger partial charge on any atom is 0.220 e. The second-order valence-electron chi connectivity index (χ2n) is 6.04. The molecular formula is C17H23N3O3S. The van der Waals surface area contributed by atoms with Crippen LogP contribution in [0.4, 0.5) is 0 Å². The molecule has 2 rings (SSSR count). The molecule has 0 radical (unpaired) electrons. The largest absolute Gasteiger partial charge is 0.348 e. The number of nitrogens with zero attached hydrogens (tertiary/aromatic N) is 2. The van der Waals surface area contributed by atoms with Gasteiger partial charge < -0.3 is 5.32 Å². The fourth-order valence-electron chi connectivity index (χ4n) is 2.62. The van der Waals surface area contributed by atoms with Crippen molar-refractivity contribution in [1.82, 2.24) is 15.1 Å². The maximum atomic E-state index is 12.3. The van der Waals surface area contributed by atoms with Gasteiger partial charge >= 0.3 is 0 Å². The summed E-state index contributed by atoms with van der Waals surface area (Å²) in [5, 5.41) is 7.09. The fourth-order valence-corrected chi connectivity index (χ4v) is 3.50. The Balaban J connectivity index is 2.03. The lowest BCUT2D eigenvalue weighted by Gasteiger charge is -2.18. The first kappa shape index (κ1) is 18.2. The van der Waals surface area contributed by atoms with Crippen LogP contribution in [-0.2, 0) is 28.1 Å². The lowest BCUT2D eigenvalue weighted by Crippen LogP contribution is -2.33. The van der Waals surface area contributed by atoms with Gasteiger partial charge in [0.1, 0.15) is 9.84 Å². The van der Waals surface area contributed by atoms with Crippen molar-refractivity contribution in [2.75, 3.05) is 12.0 Å². The number of carbonyl (C=O) groups is 1. The Morgan fingerprint density at radius 2 is 1.96 bits per heavy atom. The predicted molar refractivity (Wildman–Crippen MR) is 93.3 cm³/mol. The van der Waals surface area contributed by atoms with E-state index in [2.05, 4.69) is 10.4 Å². The molecule has 1 N–H and O–H groups in total. The number of hydrogen-bond donors (Lipinski definition) is 1. The first-order chi connectivity index (χ1) is 11.2. The second-order valence-corrected chi connectivity index (χ2v) is 8.22. The molecule has 0 aliphatic rings. The van der Waals surface area contributed by atoms with E-state index in [9.17, 15) is 13.2 Å². The van der Waals surface area contributed by atoms with Crippen LogP contribution in [0.25, 0.3) is 0 Å². The first-order valence-electron chi connectivity index (χ1n) is 7.76. The van der Waals surface area contributed by atoms with E-state index in [-0.39, 0.29) is 11.7 Å². The van der Waals surface area contributed by atoms with Crippen LogP contribution < -0.4 is 5.32 Å². The number of sulfone groups is 1. The van der Waals surface area contributed by atoms with Crippen LogP contribution in [0.2, 0.25) is 0 Å². The summed E-state index contributed by atoms with van der Waals surface area (Å²) in [6.07, 6.45) is 3.94. The van der Waals surface area contributed by atoms with Gasteiger partial charge in [-0.05, 0) is 24.5 Å². The molecular weight excluding hydrogens is 326 g/mol. The molecule has 0 saturated carbocycles. The van der Waals surface area contributed by atoms with E-state index in [0.717, 1.165) is 16.8 Å². The van der Waals surface area contributed by atoms with E-state index >= 15 is 0 Å². The van der Waals surface area contributed by atoms with E-state index in [1.54, 1.807) is 4.68 Å². The van der Waals surface area contributed by atoms with Gasteiger partial charge in [-0.15, -0.1) is 0 Å². The smallest absolute Gasteiger partial charge is 0.220 e. The maximum absolute atomic E-state index is 12.3. The van der Waals surface area contributed by atoms with Crippen molar-refractivity contribution < 1.29 is 13.2 Å². The molecule has 0 aliphatic carbocycles. The molecule has 2 aromatic rings. The SMILES string of the molecule is Cc1nn(C)cc1CCC(=O)N[C@@H](CS(C)(=O)=O)c1ccccc1. The number of rotatable bonds is 7. The fraction of sp³-hybridized carbons (Fsp3) is 0.412. The minimum absolute atomic E-state index is 0.116. The Labute approximate surface area is 142 Å². The topological polar surface area (TPSA) is 81.1 Å². The molecule has 0 saturated heterocycles. The number of aromatic nitrogens is 2. The molecule has 0 fully saturated rings. The molecule has 0 spiro atoms. The van der Waals surface area contributed by atoms with Gasteiger partial charge in [0.15, 0.2) is 0 Å². The summed E-state index contributed by atoms with van der Waals surface area (Å²) in [6.45, 7) is 1.91. The van der Waals surface area contributed by atoms with Crippen molar-refractivity contribution in [1.29, 1.82) is 0 Å². The van der Waals surface area contributed by atoms with Crippen LogP contribution in [-0.4, -0.2) is 36.1 Å². The molecule has 0 aliphatic heterocycles. The van der Waals surface area contributed by atoms with Gasteiger partial charge in [-0.2, -0.15) is 5.10 Å². The molecule has 24 heavy (non-hydrogen) atoms. The minimum atomic E-state index is -3.22. The number of aryl methyl sites for hydroxylation is 3. The summed E-state index contributed by atoms with van der Waals surface area (Å²) in [5.41, 5.74) is 2.71. The lowest BCUT2D eigenvalue weighted by molar-refractivity contribution is -0.121. The van der Waals surface area contributed by atoms with Crippen LogP contribution in [0.15, 0.2) is 36.5 Å². The third kappa shape index (κ3) is 5.49. The summed E-state index contributed by atoms with van der Waals surface area (Å²) < 4.78 is 25.0. The highest BCUT2D eigenvalue weighted by molar-refractivity contribution is 7.90. The van der Waals surface area contributed by atoms with Gasteiger partial charge in [-0.25, -0.2) is 8.42 Å². The van der Waals surface area contributed by atoms with Crippen LogP contribution in [0.3, 0.4) is 0 Å². The number of nitrogens with one attached hydrogen (secondary N) is 1. The van der Waals surface area contributed by atoms with Gasteiger partial charge in [-0.3, -0.25) is 9.48 Å². The van der Waals surface area contributed by atoms with Gasteiger partial charge in [0.05, 0.1) is 17.5 Å². The summed E-state index contributed by atoms with van der Waals surface area (Å²) in [5.74, 6) is -0.287. The summed E-state index contributed by atoms with van der Waals surface area (Å²) in [6, 6.07) is 8.62. The van der Waals surface area contributed by atoms with Gasteiger partial charge in [0.2, 0.25) is 5.91 Å². The molecule has 1 aromatic heterocycles. The Hall–Kier alpha value is -2.15. The Morgan fingerprint density at radius 3 is 2.50 bits per heavy atom. The van der Waals surface area contributed by atoms with E-state index in [0.29, 0.717) is 12.8 Å². The summed E-state index contributed by atoms with van der Waals surface area (Å²) in [4.78, 5) is 12.3. The monoisotopic (exact) mass is 349 g/mol. The minimum Gasteiger partial charge on any atom is -0.348 e. The summed E-state index contributed by atoms with van der Waals surface area (Å²) >= 11 is 0. The number of hydrogen-bond acceptors (Lipinski definition) is 4. The summed E-state index contributed by atoms with van der Waals surface area (Å²) in [7, 11) is -1.37. The van der Waals surface area contributed by atoms with E-state index in [4.69, 9.17) is 0 Å². The van der Waals surface area contributed by atoms with Crippen molar-refractivity contribution in [2.45, 2.75) is 25.8 Å². The third-order valence-electron chi connectivity index (χ3n) is 3.74. The molecule has 1 atom stereocenters. The van der Waals surface area contributed by atoms with Crippen LogP contribution >= 0.6 is 0 Å². The molecule has 1 heterocycles. The quantitative estimate of drug-likeness (QED) is 0.822. The van der Waals surface area contributed by atoms with E-state index in [1.807, 2.05) is 50.5 Å². The third-order valence-corrected chi connectivity index (χ3v) is 4.68. The zero-order valence-corrected chi connectivity index (χ0v) is 15.0. The highest BCUT2D eigenvalue weighted by atomic mass is 32.2. The van der Waals surface area contributed by atoms with Crippen molar-refractivity contribution in [3.8, 4) is 0 Å². The number of benzene rings is 1. The normalized spacial score (nSPS) is 12.8. The van der Waals surface area contributed by atoms with Gasteiger partial charge in [-0.1, -0.05) is 30.3 Å². The lowest BCUT2D eigenvalue weighted by atomic mass is 10.1. The number of carbonyl (C=O) groups excluding carboxylic acids is 1. The van der Waals surface area contributed by atoms with Crippen molar-refractivity contribution in [2.24, 2.45) is 7.05 Å². The van der Waals surface area contributed by atoms with Crippen LogP contribution in [0.1, 0.15) is 29.3 Å². The molecule has 0 unspecified atom stereocenters. The number of amides is 1. The second kappa shape index (κ2) is 7.61. The standard InChI is InChI=1S/C17H23N3O3S/c1-13-15(11-20(2)19-13)9-10-17(21)18-16(12-24(3,22)23)14-7-5-4-6-8-14/h4-8,11,16H,9-10,12H2,1-3H3,(H,18,21)/t16-/m0/s1. The Morgan fingerprint density at radius 1 is 1.29 bits per heavy atom. The van der Waals surface area contributed by atoms with Crippen molar-refractivity contribution in [3.05, 3.63) is 53.3 Å². The molecule has 7 heteroatoms. The zero-order valence-electron chi connectivity index (χ0n) is 14.2. The Bertz CT molecular complexity index is 798. The van der Waals surface area contributed by atoms with E-state index < -0.39 is 15.9 Å². The molecule has 0 bridgehead atoms. The Kier molecular flexibility index (Phi) is 5.77. The van der Waals surface area contributed by atoms with Crippen molar-refractivity contribution >= 4 is 15.7 Å². The predicted octanol–water partition coefficient (Wildman–Crippen LogP) is 1.56. The molecule has 6 nitrogen and oxygen atoms in total. The molecule has 130 valence electrons. The highest BCUT2D eigenvalue weighted by Gasteiger charge is 2.19. The molecule has 1 aromatic carbocycles. The average Bonchev–Trinajstić information content (AvgIpc) is 2.82.